The van der Waals surface area contributed by atoms with E-state index >= 15 is 0 Å². The van der Waals surface area contributed by atoms with Crippen LogP contribution in [0.5, 0.6) is 23.0 Å². The average molecular weight is 575 g/mol. The summed E-state index contributed by atoms with van der Waals surface area (Å²) in [5, 5.41) is 0. The van der Waals surface area contributed by atoms with Crippen LogP contribution in [-0.2, 0) is 29.8 Å². The highest BCUT2D eigenvalue weighted by atomic mass is 32.2. The quantitative estimate of drug-likeness (QED) is 0.265. The Hall–Kier alpha value is -3.87. The number of methoxy groups -OCH3 is 1. The molecular weight excluding hydrogens is 552 g/mol. The van der Waals surface area contributed by atoms with E-state index in [1.54, 1.807) is 0 Å². The second-order valence-electron chi connectivity index (χ2n) is 8.00. The highest BCUT2D eigenvalue weighted by Crippen LogP contribution is 2.28. The Morgan fingerprint density at radius 1 is 0.474 bits per heavy atom. The van der Waals surface area contributed by atoms with Crippen molar-refractivity contribution in [3.63, 3.8) is 0 Å². The first-order chi connectivity index (χ1) is 17.9. The molecule has 38 heavy (non-hydrogen) atoms. The molecule has 0 heterocycles. The SMILES string of the molecule is COc1ccc(S(=O)(=O)c2ccc(OS(=O)(=O)c3ccc(Oc4ccc(S(C)(=O)=O)cc4)cc3)cc2)cc1. The van der Waals surface area contributed by atoms with Crippen molar-refractivity contribution in [2.45, 2.75) is 19.6 Å². The third-order valence-electron chi connectivity index (χ3n) is 5.31. The lowest BCUT2D eigenvalue weighted by molar-refractivity contribution is 0.414. The Labute approximate surface area is 221 Å². The monoisotopic (exact) mass is 574 g/mol. The van der Waals surface area contributed by atoms with Gasteiger partial charge >= 0.3 is 10.1 Å². The van der Waals surface area contributed by atoms with Crippen molar-refractivity contribution < 1.29 is 38.9 Å². The summed E-state index contributed by atoms with van der Waals surface area (Å²) in [5.41, 5.74) is 0. The molecule has 0 spiro atoms. The molecule has 0 bridgehead atoms. The number of rotatable bonds is 9. The molecule has 0 aliphatic rings. The maximum atomic E-state index is 12.8. The van der Waals surface area contributed by atoms with Crippen LogP contribution in [0.1, 0.15) is 0 Å². The van der Waals surface area contributed by atoms with Gasteiger partial charge in [-0.25, -0.2) is 16.8 Å². The van der Waals surface area contributed by atoms with Crippen LogP contribution in [0, 0.1) is 0 Å². The van der Waals surface area contributed by atoms with Gasteiger partial charge in [-0.15, -0.1) is 0 Å². The van der Waals surface area contributed by atoms with Crippen molar-refractivity contribution >= 4 is 29.8 Å². The van der Waals surface area contributed by atoms with Crippen LogP contribution in [0.2, 0.25) is 0 Å². The van der Waals surface area contributed by atoms with E-state index in [0.29, 0.717) is 17.2 Å². The van der Waals surface area contributed by atoms with Crippen molar-refractivity contribution in [2.75, 3.05) is 13.4 Å². The fourth-order valence-electron chi connectivity index (χ4n) is 3.31. The van der Waals surface area contributed by atoms with Crippen LogP contribution in [0.3, 0.4) is 0 Å². The summed E-state index contributed by atoms with van der Waals surface area (Å²) in [6.07, 6.45) is 1.10. The molecule has 4 aromatic rings. The van der Waals surface area contributed by atoms with Gasteiger partial charge in [-0.05, 0) is 97.1 Å². The standard InChI is InChI=1S/C26H22O9S3/c1-33-19-3-13-24(14-4-19)37(29,30)25-15-9-22(10-16-25)35-38(31,32)26-17-7-21(8-18-26)34-20-5-11-23(12-6-20)36(2,27)28/h3-18H,1-2H3. The zero-order valence-electron chi connectivity index (χ0n) is 20.1. The number of ether oxygens (including phenoxy) is 2. The maximum absolute atomic E-state index is 12.8. The molecule has 12 heteroatoms. The lowest BCUT2D eigenvalue weighted by Gasteiger charge is -2.10. The van der Waals surface area contributed by atoms with Crippen LogP contribution >= 0.6 is 0 Å². The van der Waals surface area contributed by atoms with E-state index in [4.69, 9.17) is 13.7 Å². The Kier molecular flexibility index (Phi) is 7.49. The lowest BCUT2D eigenvalue weighted by atomic mass is 10.3. The van der Waals surface area contributed by atoms with Crippen molar-refractivity contribution in [2.24, 2.45) is 0 Å². The first kappa shape index (κ1) is 27.2. The zero-order chi connectivity index (χ0) is 27.6. The van der Waals surface area contributed by atoms with Gasteiger partial charge in [-0.2, -0.15) is 8.42 Å². The molecule has 0 saturated heterocycles. The van der Waals surface area contributed by atoms with Crippen LogP contribution in [-0.4, -0.2) is 38.6 Å². The van der Waals surface area contributed by atoms with Gasteiger partial charge in [0, 0.05) is 6.26 Å². The highest BCUT2D eigenvalue weighted by molar-refractivity contribution is 7.91. The van der Waals surface area contributed by atoms with Crippen LogP contribution in [0.25, 0.3) is 0 Å². The van der Waals surface area contributed by atoms with E-state index in [1.165, 1.54) is 104 Å². The van der Waals surface area contributed by atoms with Crippen molar-refractivity contribution in [3.05, 3.63) is 97.1 Å². The van der Waals surface area contributed by atoms with Gasteiger partial charge in [0.1, 0.15) is 27.9 Å². The summed E-state index contributed by atoms with van der Waals surface area (Å²) in [6, 6.07) is 22.1. The van der Waals surface area contributed by atoms with Crippen molar-refractivity contribution in [1.29, 1.82) is 0 Å². The molecule has 0 radical (unpaired) electrons. The van der Waals surface area contributed by atoms with Gasteiger partial charge in [0.2, 0.25) is 9.84 Å². The molecule has 0 aliphatic heterocycles. The molecule has 0 amide bonds. The summed E-state index contributed by atoms with van der Waals surface area (Å²) in [5.74, 6) is 1.14. The first-order valence-corrected chi connectivity index (χ1v) is 15.7. The molecule has 0 unspecified atom stereocenters. The highest BCUT2D eigenvalue weighted by Gasteiger charge is 2.20. The van der Waals surface area contributed by atoms with Gasteiger partial charge in [0.15, 0.2) is 9.84 Å². The maximum Gasteiger partial charge on any atom is 0.339 e. The second-order valence-corrected chi connectivity index (χ2v) is 13.5. The van der Waals surface area contributed by atoms with E-state index in [0.717, 1.165) is 6.26 Å². The second kappa shape index (κ2) is 10.5. The number of sulfone groups is 2. The normalized spacial score (nSPS) is 12.1. The number of benzene rings is 4. The fraction of sp³-hybridized carbons (Fsp3) is 0.0769. The van der Waals surface area contributed by atoms with Crippen molar-refractivity contribution in [3.8, 4) is 23.0 Å². The molecule has 4 rings (SSSR count). The molecule has 198 valence electrons. The molecule has 0 aliphatic carbocycles. The summed E-state index contributed by atoms with van der Waals surface area (Å²) in [6.45, 7) is 0. The Morgan fingerprint density at radius 2 is 0.842 bits per heavy atom. The van der Waals surface area contributed by atoms with E-state index in [1.807, 2.05) is 0 Å². The molecule has 0 fully saturated rings. The van der Waals surface area contributed by atoms with Crippen LogP contribution in [0.15, 0.2) is 117 Å². The summed E-state index contributed by atoms with van der Waals surface area (Å²) < 4.78 is 90.1. The van der Waals surface area contributed by atoms with Gasteiger partial charge in [-0.3, -0.25) is 0 Å². The first-order valence-electron chi connectivity index (χ1n) is 10.9. The summed E-state index contributed by atoms with van der Waals surface area (Å²) >= 11 is 0. The molecule has 4 aromatic carbocycles. The smallest absolute Gasteiger partial charge is 0.339 e. The van der Waals surface area contributed by atoms with Gasteiger partial charge < -0.3 is 13.7 Å². The van der Waals surface area contributed by atoms with E-state index in [-0.39, 0.29) is 25.3 Å². The predicted octanol–water partition coefficient (Wildman–Crippen LogP) is 4.49. The lowest BCUT2D eigenvalue weighted by Crippen LogP contribution is -2.10. The summed E-state index contributed by atoms with van der Waals surface area (Å²) in [4.78, 5) is 0.0359. The third kappa shape index (κ3) is 6.15. The summed E-state index contributed by atoms with van der Waals surface area (Å²) in [7, 11) is -9.90. The van der Waals surface area contributed by atoms with E-state index in [2.05, 4.69) is 0 Å². The Morgan fingerprint density at radius 3 is 1.26 bits per heavy atom. The molecule has 0 atom stereocenters. The van der Waals surface area contributed by atoms with E-state index < -0.39 is 29.8 Å². The zero-order valence-corrected chi connectivity index (χ0v) is 22.6. The topological polar surface area (TPSA) is 130 Å². The van der Waals surface area contributed by atoms with Crippen LogP contribution < -0.4 is 13.7 Å². The third-order valence-corrected chi connectivity index (χ3v) is 9.49. The fourth-order valence-corrected chi connectivity index (χ4v) is 6.13. The number of hydrogen-bond acceptors (Lipinski definition) is 9. The average Bonchev–Trinajstić information content (AvgIpc) is 2.89. The largest absolute Gasteiger partial charge is 0.497 e. The minimum Gasteiger partial charge on any atom is -0.497 e. The number of hydrogen-bond donors (Lipinski definition) is 0. The predicted molar refractivity (Wildman–Crippen MR) is 139 cm³/mol. The van der Waals surface area contributed by atoms with Gasteiger partial charge in [-0.1, -0.05) is 0 Å². The van der Waals surface area contributed by atoms with Crippen molar-refractivity contribution in [1.82, 2.24) is 0 Å². The van der Waals surface area contributed by atoms with E-state index in [9.17, 15) is 25.3 Å². The Balaban J connectivity index is 1.45. The Bertz CT molecular complexity index is 1740. The minimum absolute atomic E-state index is 0.0292. The molecule has 0 aromatic heterocycles. The molecule has 9 nitrogen and oxygen atoms in total. The van der Waals surface area contributed by atoms with Gasteiger partial charge in [0.05, 0.1) is 21.8 Å². The minimum atomic E-state index is -4.22. The van der Waals surface area contributed by atoms with Gasteiger partial charge in [0.25, 0.3) is 0 Å². The molecule has 0 saturated carbocycles. The van der Waals surface area contributed by atoms with Crippen LogP contribution in [0.4, 0.5) is 0 Å². The molecule has 0 N–H and O–H groups in total. The molecular formula is C26H22O9S3.